The van der Waals surface area contributed by atoms with Crippen LogP contribution in [0.15, 0.2) is 39.5 Å². The summed E-state index contributed by atoms with van der Waals surface area (Å²) in [6.45, 7) is 3.57. The lowest BCUT2D eigenvalue weighted by molar-refractivity contribution is 0.541. The monoisotopic (exact) mass is 253 g/mol. The lowest BCUT2D eigenvalue weighted by Gasteiger charge is -2.03. The Morgan fingerprint density at radius 2 is 2.06 bits per heavy atom. The van der Waals surface area contributed by atoms with Crippen molar-refractivity contribution < 1.29 is 4.42 Å². The smallest absolute Gasteiger partial charge is 0.340 e. The molecule has 92 valence electrons. The molecule has 0 bridgehead atoms. The van der Waals surface area contributed by atoms with Gasteiger partial charge in [-0.1, -0.05) is 25.1 Å². The largest absolute Gasteiger partial charge is 0.422 e. The molecule has 2 aromatic rings. The van der Waals surface area contributed by atoms with E-state index in [1.165, 1.54) is 0 Å². The van der Waals surface area contributed by atoms with E-state index in [9.17, 15) is 4.79 Å². The van der Waals surface area contributed by atoms with Crippen LogP contribution in [0.5, 0.6) is 0 Å². The molecule has 1 aromatic heterocycles. The summed E-state index contributed by atoms with van der Waals surface area (Å²) < 4.78 is 5.23. The maximum Gasteiger partial charge on any atom is 0.340 e. The van der Waals surface area contributed by atoms with E-state index < -0.39 is 0 Å². The van der Waals surface area contributed by atoms with Crippen molar-refractivity contribution >= 4 is 23.4 Å². The van der Waals surface area contributed by atoms with E-state index in [2.05, 4.69) is 12.2 Å². The standard InChI is InChI=1S/C13H15NO2.ClH/c1-2-7-14-9-11-8-10-5-3-4-6-12(10)16-13(11)15;/h3-6,8,14H,2,7,9H2,1H3;1H. The number of rotatable bonds is 4. The summed E-state index contributed by atoms with van der Waals surface area (Å²) >= 11 is 0. The molecule has 0 radical (unpaired) electrons. The van der Waals surface area contributed by atoms with Gasteiger partial charge in [-0.3, -0.25) is 0 Å². The molecule has 0 saturated heterocycles. The van der Waals surface area contributed by atoms with Crippen molar-refractivity contribution in [1.29, 1.82) is 0 Å². The molecule has 0 spiro atoms. The number of benzene rings is 1. The average molecular weight is 254 g/mol. The molecular formula is C13H16ClNO2. The molecule has 1 aromatic carbocycles. The molecule has 2 rings (SSSR count). The Balaban J connectivity index is 0.00000144. The molecule has 0 aliphatic rings. The molecule has 0 amide bonds. The van der Waals surface area contributed by atoms with Gasteiger partial charge in [0.05, 0.1) is 5.56 Å². The van der Waals surface area contributed by atoms with Crippen LogP contribution in [0.25, 0.3) is 11.0 Å². The molecular weight excluding hydrogens is 238 g/mol. The second-order valence-corrected chi connectivity index (χ2v) is 3.77. The Morgan fingerprint density at radius 3 is 2.82 bits per heavy atom. The lowest BCUT2D eigenvalue weighted by atomic mass is 10.2. The van der Waals surface area contributed by atoms with Crippen LogP contribution in [0, 0.1) is 0 Å². The van der Waals surface area contributed by atoms with Crippen molar-refractivity contribution in [2.45, 2.75) is 19.9 Å². The van der Waals surface area contributed by atoms with Crippen LogP contribution in [-0.4, -0.2) is 6.54 Å². The van der Waals surface area contributed by atoms with Gasteiger partial charge in [0.25, 0.3) is 0 Å². The van der Waals surface area contributed by atoms with E-state index in [1.54, 1.807) is 6.07 Å². The number of nitrogens with one attached hydrogen (secondary N) is 1. The van der Waals surface area contributed by atoms with Crippen molar-refractivity contribution in [3.63, 3.8) is 0 Å². The fourth-order valence-corrected chi connectivity index (χ4v) is 1.63. The van der Waals surface area contributed by atoms with Crippen LogP contribution in [0.3, 0.4) is 0 Å². The van der Waals surface area contributed by atoms with Gasteiger partial charge in [-0.2, -0.15) is 0 Å². The highest BCUT2D eigenvalue weighted by Gasteiger charge is 2.03. The predicted octanol–water partition coefficient (Wildman–Crippen LogP) is 2.71. The SMILES string of the molecule is CCCNCc1cc2ccccc2oc1=O.Cl. The van der Waals surface area contributed by atoms with Gasteiger partial charge in [0, 0.05) is 11.9 Å². The molecule has 1 N–H and O–H groups in total. The van der Waals surface area contributed by atoms with Crippen molar-refractivity contribution in [3.05, 3.63) is 46.3 Å². The fourth-order valence-electron chi connectivity index (χ4n) is 1.63. The van der Waals surface area contributed by atoms with Crippen LogP contribution in [0.1, 0.15) is 18.9 Å². The quantitative estimate of drug-likeness (QED) is 0.673. The van der Waals surface area contributed by atoms with E-state index in [4.69, 9.17) is 4.42 Å². The van der Waals surface area contributed by atoms with Gasteiger partial charge in [0.15, 0.2) is 0 Å². The fraction of sp³-hybridized carbons (Fsp3) is 0.308. The van der Waals surface area contributed by atoms with Crippen LogP contribution in [-0.2, 0) is 6.54 Å². The molecule has 17 heavy (non-hydrogen) atoms. The summed E-state index contributed by atoms with van der Waals surface area (Å²) in [5.41, 5.74) is 1.08. The maximum absolute atomic E-state index is 11.6. The number of halogens is 1. The third-order valence-corrected chi connectivity index (χ3v) is 2.46. The van der Waals surface area contributed by atoms with Gasteiger partial charge in [-0.15, -0.1) is 12.4 Å². The molecule has 0 unspecified atom stereocenters. The highest BCUT2D eigenvalue weighted by Crippen LogP contribution is 2.12. The zero-order valence-electron chi connectivity index (χ0n) is 9.73. The number of para-hydroxylation sites is 1. The Morgan fingerprint density at radius 1 is 1.29 bits per heavy atom. The normalized spacial score (nSPS) is 10.2. The first-order valence-electron chi connectivity index (χ1n) is 5.53. The van der Waals surface area contributed by atoms with Crippen LogP contribution in [0.2, 0.25) is 0 Å². The van der Waals surface area contributed by atoms with Crippen molar-refractivity contribution in [3.8, 4) is 0 Å². The lowest BCUT2D eigenvalue weighted by Crippen LogP contribution is -2.19. The van der Waals surface area contributed by atoms with E-state index in [0.717, 1.165) is 18.4 Å². The highest BCUT2D eigenvalue weighted by atomic mass is 35.5. The summed E-state index contributed by atoms with van der Waals surface area (Å²) in [6, 6.07) is 9.44. The van der Waals surface area contributed by atoms with E-state index in [0.29, 0.717) is 17.7 Å². The number of hydrogen-bond donors (Lipinski definition) is 1. The molecule has 3 nitrogen and oxygen atoms in total. The van der Waals surface area contributed by atoms with E-state index in [-0.39, 0.29) is 18.0 Å². The Kier molecular flexibility index (Phi) is 5.19. The van der Waals surface area contributed by atoms with Crippen molar-refractivity contribution in [2.24, 2.45) is 0 Å². The summed E-state index contributed by atoms with van der Waals surface area (Å²) in [4.78, 5) is 11.6. The van der Waals surface area contributed by atoms with Crippen molar-refractivity contribution in [2.75, 3.05) is 6.54 Å². The number of fused-ring (bicyclic) bond motifs is 1. The molecule has 0 aliphatic carbocycles. The molecule has 4 heteroatoms. The van der Waals surface area contributed by atoms with Gasteiger partial charge < -0.3 is 9.73 Å². The van der Waals surface area contributed by atoms with E-state index in [1.807, 2.05) is 24.3 Å². The van der Waals surface area contributed by atoms with E-state index >= 15 is 0 Å². The summed E-state index contributed by atoms with van der Waals surface area (Å²) in [5, 5.41) is 4.16. The topological polar surface area (TPSA) is 42.2 Å². The second kappa shape index (κ2) is 6.42. The summed E-state index contributed by atoms with van der Waals surface area (Å²) in [5.74, 6) is 0. The minimum absolute atomic E-state index is 0. The van der Waals surface area contributed by atoms with Crippen molar-refractivity contribution in [1.82, 2.24) is 5.32 Å². The summed E-state index contributed by atoms with van der Waals surface area (Å²) in [7, 11) is 0. The molecule has 0 atom stereocenters. The maximum atomic E-state index is 11.6. The van der Waals surface area contributed by atoms with Crippen LogP contribution >= 0.6 is 12.4 Å². The summed E-state index contributed by atoms with van der Waals surface area (Å²) in [6.07, 6.45) is 1.05. The Labute approximate surface area is 106 Å². The molecule has 0 aliphatic heterocycles. The first kappa shape index (κ1) is 13.7. The van der Waals surface area contributed by atoms with Gasteiger partial charge in [-0.25, -0.2) is 4.79 Å². The van der Waals surface area contributed by atoms with Gasteiger partial charge in [0.1, 0.15) is 5.58 Å². The Bertz CT molecular complexity index is 536. The molecule has 0 fully saturated rings. The van der Waals surface area contributed by atoms with Gasteiger partial charge in [-0.05, 0) is 25.1 Å². The van der Waals surface area contributed by atoms with Crippen LogP contribution in [0.4, 0.5) is 0 Å². The predicted molar refractivity (Wildman–Crippen MR) is 71.7 cm³/mol. The molecule has 1 heterocycles. The zero-order chi connectivity index (χ0) is 11.4. The second-order valence-electron chi connectivity index (χ2n) is 3.77. The zero-order valence-corrected chi connectivity index (χ0v) is 10.5. The Hall–Kier alpha value is -1.32. The first-order chi connectivity index (χ1) is 7.81. The number of hydrogen-bond acceptors (Lipinski definition) is 3. The highest BCUT2D eigenvalue weighted by molar-refractivity contribution is 5.85. The van der Waals surface area contributed by atoms with Gasteiger partial charge in [0.2, 0.25) is 0 Å². The first-order valence-corrected chi connectivity index (χ1v) is 5.53. The third kappa shape index (κ3) is 3.32. The minimum atomic E-state index is -0.248. The third-order valence-electron chi connectivity index (χ3n) is 2.46. The minimum Gasteiger partial charge on any atom is -0.422 e. The van der Waals surface area contributed by atoms with Crippen LogP contribution < -0.4 is 10.9 Å². The molecule has 0 saturated carbocycles. The average Bonchev–Trinajstić information content (AvgIpc) is 2.30. The van der Waals surface area contributed by atoms with Gasteiger partial charge >= 0.3 is 5.63 Å².